The van der Waals surface area contributed by atoms with Crippen LogP contribution in [0.4, 0.5) is 15.4 Å². The molecule has 0 bridgehead atoms. The molecule has 1 aromatic rings. The summed E-state index contributed by atoms with van der Waals surface area (Å²) >= 11 is 0. The first-order valence-corrected chi connectivity index (χ1v) is 10.5. The Morgan fingerprint density at radius 1 is 1.07 bits per heavy atom. The van der Waals surface area contributed by atoms with Gasteiger partial charge in [0.05, 0.1) is 12.6 Å². The van der Waals surface area contributed by atoms with E-state index in [1.807, 2.05) is 53.7 Å². The Balaban J connectivity index is 1.74. The minimum atomic E-state index is -0.720. The molecular weight excluding hydrogens is 386 g/mol. The van der Waals surface area contributed by atoms with Gasteiger partial charge in [-0.15, -0.1) is 0 Å². The molecule has 0 saturated carbocycles. The maximum absolute atomic E-state index is 12.7. The summed E-state index contributed by atoms with van der Waals surface area (Å²) in [6.45, 7) is 12.0. The average molecular weight is 420 g/mol. The van der Waals surface area contributed by atoms with Gasteiger partial charge in [0, 0.05) is 30.8 Å². The number of aliphatic hydroxyl groups excluding tert-OH is 1. The number of pyridine rings is 1. The van der Waals surface area contributed by atoms with Gasteiger partial charge in [-0.2, -0.15) is 0 Å². The Hall–Kier alpha value is -2.35. The number of hydrogen-bond acceptors (Lipinski definition) is 6. The highest BCUT2D eigenvalue weighted by Gasteiger charge is 2.44. The lowest BCUT2D eigenvalue weighted by Crippen LogP contribution is -2.50. The molecule has 3 heterocycles. The highest BCUT2D eigenvalue weighted by Crippen LogP contribution is 2.43. The molecular formula is C22H33N3O5. The summed E-state index contributed by atoms with van der Waals surface area (Å²) in [6.07, 6.45) is 0.694. The van der Waals surface area contributed by atoms with Crippen LogP contribution in [0.2, 0.25) is 0 Å². The van der Waals surface area contributed by atoms with Crippen molar-refractivity contribution in [3.63, 3.8) is 0 Å². The molecule has 3 atom stereocenters. The van der Waals surface area contributed by atoms with Gasteiger partial charge in [0.15, 0.2) is 0 Å². The number of carbonyl (C=O) groups is 2. The molecule has 3 unspecified atom stereocenters. The van der Waals surface area contributed by atoms with Crippen molar-refractivity contribution in [2.45, 2.75) is 71.2 Å². The van der Waals surface area contributed by atoms with E-state index < -0.39 is 29.5 Å². The van der Waals surface area contributed by atoms with E-state index in [0.29, 0.717) is 25.3 Å². The maximum Gasteiger partial charge on any atom is 0.416 e. The number of carbonyl (C=O) groups excluding carboxylic acids is 2. The molecule has 1 N–H and O–H groups in total. The monoisotopic (exact) mass is 419 g/mol. The van der Waals surface area contributed by atoms with E-state index in [2.05, 4.69) is 4.98 Å². The van der Waals surface area contributed by atoms with E-state index in [1.165, 1.54) is 0 Å². The Morgan fingerprint density at radius 3 is 2.30 bits per heavy atom. The number of aromatic nitrogens is 1. The molecule has 2 amide bonds. The van der Waals surface area contributed by atoms with Gasteiger partial charge in [-0.25, -0.2) is 14.6 Å². The van der Waals surface area contributed by atoms with E-state index in [4.69, 9.17) is 9.47 Å². The fourth-order valence-corrected chi connectivity index (χ4v) is 4.06. The molecule has 1 fully saturated rings. The third-order valence-corrected chi connectivity index (χ3v) is 5.27. The number of β-amino-alcohol motifs (C(OH)–C–C–N with tert-alkyl or cyclic N) is 1. The van der Waals surface area contributed by atoms with E-state index >= 15 is 0 Å². The highest BCUT2D eigenvalue weighted by atomic mass is 16.6. The van der Waals surface area contributed by atoms with E-state index in [0.717, 1.165) is 5.56 Å². The lowest BCUT2D eigenvalue weighted by atomic mass is 9.80. The fourth-order valence-electron chi connectivity index (χ4n) is 4.06. The molecule has 30 heavy (non-hydrogen) atoms. The summed E-state index contributed by atoms with van der Waals surface area (Å²) in [7, 11) is 0. The number of nitrogens with zero attached hydrogens (tertiary/aromatic N) is 3. The molecule has 2 aliphatic heterocycles. The van der Waals surface area contributed by atoms with E-state index in [-0.39, 0.29) is 18.4 Å². The highest BCUT2D eigenvalue weighted by molar-refractivity contribution is 5.89. The van der Waals surface area contributed by atoms with Gasteiger partial charge in [0.1, 0.15) is 17.0 Å². The largest absolute Gasteiger partial charge is 0.444 e. The van der Waals surface area contributed by atoms with Crippen molar-refractivity contribution in [2.75, 3.05) is 24.5 Å². The minimum absolute atomic E-state index is 0.0722. The summed E-state index contributed by atoms with van der Waals surface area (Å²) in [5, 5.41) is 10.9. The zero-order valence-corrected chi connectivity index (χ0v) is 18.7. The number of likely N-dealkylation sites (tertiary alicyclic amines) is 1. The molecule has 0 radical (unpaired) electrons. The zero-order chi connectivity index (χ0) is 22.3. The normalized spacial score (nSPS) is 24.4. The van der Waals surface area contributed by atoms with Gasteiger partial charge in [-0.1, -0.05) is 6.07 Å². The molecule has 166 valence electrons. The number of amides is 2. The maximum atomic E-state index is 12.7. The number of ether oxygens (including phenoxy) is 2. The predicted octanol–water partition coefficient (Wildman–Crippen LogP) is 3.54. The first-order chi connectivity index (χ1) is 13.9. The predicted molar refractivity (Wildman–Crippen MR) is 112 cm³/mol. The molecule has 8 heteroatoms. The van der Waals surface area contributed by atoms with Crippen molar-refractivity contribution in [2.24, 2.45) is 5.92 Å². The zero-order valence-electron chi connectivity index (χ0n) is 18.7. The molecule has 0 spiro atoms. The summed E-state index contributed by atoms with van der Waals surface area (Å²) in [5.41, 5.74) is -0.260. The van der Waals surface area contributed by atoms with Crippen LogP contribution in [-0.4, -0.2) is 64.1 Å². The van der Waals surface area contributed by atoms with E-state index in [9.17, 15) is 14.7 Å². The van der Waals surface area contributed by atoms with Crippen molar-refractivity contribution < 1.29 is 24.2 Å². The number of anilines is 1. The topological polar surface area (TPSA) is 92.2 Å². The lowest BCUT2D eigenvalue weighted by Gasteiger charge is -2.39. The van der Waals surface area contributed by atoms with Gasteiger partial charge < -0.3 is 19.5 Å². The SMILES string of the molecule is CC(C)(C)OC(=O)N1CCC(C2CN(C(=O)OC(C)(C)C)c3ncccc32)C(O)C1. The Bertz CT molecular complexity index is 799. The first kappa shape index (κ1) is 22.3. The second kappa shape index (κ2) is 8.06. The summed E-state index contributed by atoms with van der Waals surface area (Å²) in [5.74, 6) is 0.412. The van der Waals surface area contributed by atoms with Crippen LogP contribution in [0.15, 0.2) is 18.3 Å². The molecule has 1 aromatic heterocycles. The molecule has 2 aliphatic rings. The van der Waals surface area contributed by atoms with Crippen LogP contribution in [0, 0.1) is 5.92 Å². The van der Waals surface area contributed by atoms with Crippen LogP contribution in [0.25, 0.3) is 0 Å². The van der Waals surface area contributed by atoms with E-state index in [1.54, 1.807) is 16.0 Å². The molecule has 3 rings (SSSR count). The van der Waals surface area contributed by atoms with Gasteiger partial charge in [0.2, 0.25) is 0 Å². The number of fused-ring (bicyclic) bond motifs is 1. The van der Waals surface area contributed by atoms with Gasteiger partial charge >= 0.3 is 12.2 Å². The second-order valence-electron chi connectivity index (χ2n) is 10.1. The molecule has 1 saturated heterocycles. The standard InChI is InChI=1S/C22H33N3O5/c1-21(2,3)29-19(27)24-11-9-14(17(26)13-24)16-12-25(20(28)30-22(4,5)6)18-15(16)8-7-10-23-18/h7-8,10,14,16-17,26H,9,11-13H2,1-6H3. The van der Waals surface area contributed by atoms with Gasteiger partial charge in [-0.3, -0.25) is 4.90 Å². The number of rotatable bonds is 1. The van der Waals surface area contributed by atoms with Crippen LogP contribution >= 0.6 is 0 Å². The smallest absolute Gasteiger partial charge is 0.416 e. The average Bonchev–Trinajstić information content (AvgIpc) is 2.98. The lowest BCUT2D eigenvalue weighted by molar-refractivity contribution is -0.0169. The summed E-state index contributed by atoms with van der Waals surface area (Å²) in [6, 6.07) is 3.79. The Kier molecular flexibility index (Phi) is 6.00. The third-order valence-electron chi connectivity index (χ3n) is 5.27. The first-order valence-electron chi connectivity index (χ1n) is 10.5. The van der Waals surface area contributed by atoms with Crippen molar-refractivity contribution in [3.05, 3.63) is 23.9 Å². The summed E-state index contributed by atoms with van der Waals surface area (Å²) < 4.78 is 11.0. The van der Waals surface area contributed by atoms with Crippen molar-refractivity contribution in [3.8, 4) is 0 Å². The molecule has 0 aliphatic carbocycles. The van der Waals surface area contributed by atoms with Crippen LogP contribution in [0.1, 0.15) is 59.4 Å². The van der Waals surface area contributed by atoms with Crippen LogP contribution < -0.4 is 4.90 Å². The number of hydrogen-bond donors (Lipinski definition) is 1. The van der Waals surface area contributed by atoms with Crippen molar-refractivity contribution in [1.29, 1.82) is 0 Å². The van der Waals surface area contributed by atoms with Crippen molar-refractivity contribution in [1.82, 2.24) is 9.88 Å². The minimum Gasteiger partial charge on any atom is -0.444 e. The third kappa shape index (κ3) is 5.03. The second-order valence-corrected chi connectivity index (χ2v) is 10.1. The number of piperidine rings is 1. The van der Waals surface area contributed by atoms with Crippen LogP contribution in [0.3, 0.4) is 0 Å². The Morgan fingerprint density at radius 2 is 1.70 bits per heavy atom. The Labute approximate surface area is 178 Å². The van der Waals surface area contributed by atoms with Crippen molar-refractivity contribution >= 4 is 18.0 Å². The number of aliphatic hydroxyl groups is 1. The van der Waals surface area contributed by atoms with Gasteiger partial charge in [-0.05, 0) is 59.9 Å². The van der Waals surface area contributed by atoms with Crippen LogP contribution in [0.5, 0.6) is 0 Å². The van der Waals surface area contributed by atoms with Crippen LogP contribution in [-0.2, 0) is 9.47 Å². The van der Waals surface area contributed by atoms with Gasteiger partial charge in [0.25, 0.3) is 0 Å². The molecule has 8 nitrogen and oxygen atoms in total. The summed E-state index contributed by atoms with van der Waals surface area (Å²) in [4.78, 5) is 32.6. The fraction of sp³-hybridized carbons (Fsp3) is 0.682. The quantitative estimate of drug-likeness (QED) is 0.749. The molecule has 0 aromatic carbocycles.